The van der Waals surface area contributed by atoms with Crippen LogP contribution in [0.2, 0.25) is 0 Å². The van der Waals surface area contributed by atoms with E-state index in [-0.39, 0.29) is 0 Å². The van der Waals surface area contributed by atoms with Crippen LogP contribution in [0.15, 0.2) is 24.3 Å². The van der Waals surface area contributed by atoms with Crippen molar-refractivity contribution in [1.82, 2.24) is 0 Å². The zero-order chi connectivity index (χ0) is 15.5. The number of unbranched alkanes of at least 4 members (excludes halogenated alkanes) is 1. The smallest absolute Gasteiger partial charge is 0.120 e. The van der Waals surface area contributed by atoms with Gasteiger partial charge in [-0.3, -0.25) is 0 Å². The second kappa shape index (κ2) is 10.6. The van der Waals surface area contributed by atoms with E-state index in [4.69, 9.17) is 27.4 Å². The molecule has 0 bridgehead atoms. The van der Waals surface area contributed by atoms with Crippen molar-refractivity contribution in [3.63, 3.8) is 0 Å². The van der Waals surface area contributed by atoms with Crippen molar-refractivity contribution in [2.45, 2.75) is 39.5 Å². The van der Waals surface area contributed by atoms with Crippen LogP contribution in [-0.2, 0) is 4.74 Å². The van der Waals surface area contributed by atoms with E-state index in [9.17, 15) is 0 Å². The third-order valence-corrected chi connectivity index (χ3v) is 3.75. The molecule has 0 spiro atoms. The molecule has 3 nitrogen and oxygen atoms in total. The second-order valence-corrected chi connectivity index (χ2v) is 5.67. The zero-order valence-electron chi connectivity index (χ0n) is 13.1. The van der Waals surface area contributed by atoms with Crippen LogP contribution < -0.4 is 10.5 Å². The van der Waals surface area contributed by atoms with Crippen LogP contribution in [0.3, 0.4) is 0 Å². The Balaban J connectivity index is 2.21. The first-order valence-corrected chi connectivity index (χ1v) is 8.18. The minimum absolute atomic E-state index is 0.387. The molecular formula is C17H27NO2S. The van der Waals surface area contributed by atoms with Crippen LogP contribution in [0.5, 0.6) is 5.75 Å². The molecule has 1 atom stereocenters. The molecule has 4 heteroatoms. The molecule has 21 heavy (non-hydrogen) atoms. The number of ether oxygens (including phenoxy) is 2. The van der Waals surface area contributed by atoms with Crippen molar-refractivity contribution in [1.29, 1.82) is 0 Å². The number of nitrogens with two attached hydrogens (primary N) is 1. The molecule has 2 N–H and O–H groups in total. The SMILES string of the molecule is CCCCC(CC)COCCOc1cccc(C(N)=S)c1. The lowest BCUT2D eigenvalue weighted by atomic mass is 10.0. The molecule has 0 heterocycles. The van der Waals surface area contributed by atoms with Gasteiger partial charge in [0.1, 0.15) is 17.3 Å². The summed E-state index contributed by atoms with van der Waals surface area (Å²) in [6, 6.07) is 7.53. The normalized spacial score (nSPS) is 12.1. The third-order valence-electron chi connectivity index (χ3n) is 3.51. The van der Waals surface area contributed by atoms with E-state index in [2.05, 4.69) is 13.8 Å². The maximum atomic E-state index is 5.71. The van der Waals surface area contributed by atoms with E-state index in [1.54, 1.807) is 0 Å². The monoisotopic (exact) mass is 309 g/mol. The van der Waals surface area contributed by atoms with E-state index < -0.39 is 0 Å². The van der Waals surface area contributed by atoms with Gasteiger partial charge in [0.15, 0.2) is 0 Å². The van der Waals surface area contributed by atoms with Crippen molar-refractivity contribution >= 4 is 17.2 Å². The average Bonchev–Trinajstić information content (AvgIpc) is 2.50. The van der Waals surface area contributed by atoms with Crippen molar-refractivity contribution in [2.24, 2.45) is 11.7 Å². The number of thiocarbonyl (C=S) groups is 1. The van der Waals surface area contributed by atoms with E-state index >= 15 is 0 Å². The van der Waals surface area contributed by atoms with Crippen LogP contribution in [0.25, 0.3) is 0 Å². The standard InChI is InChI=1S/C17H27NO2S/c1-3-5-7-14(4-2)13-19-10-11-20-16-9-6-8-15(12-16)17(18)21/h6,8-9,12,14H,3-5,7,10-11,13H2,1-2H3,(H2,18,21). The molecule has 1 rings (SSSR count). The van der Waals surface area contributed by atoms with Crippen LogP contribution in [0.4, 0.5) is 0 Å². The minimum Gasteiger partial charge on any atom is -0.491 e. The quantitative estimate of drug-likeness (QED) is 0.497. The first kappa shape index (κ1) is 17.9. The van der Waals surface area contributed by atoms with Gasteiger partial charge in [-0.15, -0.1) is 0 Å². The Hall–Kier alpha value is -1.13. The van der Waals surface area contributed by atoms with Crippen LogP contribution in [-0.4, -0.2) is 24.8 Å². The summed E-state index contributed by atoms with van der Waals surface area (Å²) in [6.07, 6.45) is 4.96. The summed E-state index contributed by atoms with van der Waals surface area (Å²) in [4.78, 5) is 0.387. The molecule has 1 aromatic carbocycles. The lowest BCUT2D eigenvalue weighted by Gasteiger charge is -2.15. The Bertz CT molecular complexity index is 423. The van der Waals surface area contributed by atoms with Crippen LogP contribution in [0.1, 0.15) is 45.1 Å². The summed E-state index contributed by atoms with van der Waals surface area (Å²) in [5, 5.41) is 0. The fourth-order valence-electron chi connectivity index (χ4n) is 2.11. The molecule has 0 radical (unpaired) electrons. The third kappa shape index (κ3) is 7.44. The van der Waals surface area contributed by atoms with Gasteiger partial charge in [0.05, 0.1) is 6.61 Å². The molecule has 0 saturated carbocycles. The summed E-state index contributed by atoms with van der Waals surface area (Å²) in [5.74, 6) is 1.45. The predicted octanol–water partition coefficient (Wildman–Crippen LogP) is 3.93. The van der Waals surface area contributed by atoms with Gasteiger partial charge in [-0.05, 0) is 24.5 Å². The van der Waals surface area contributed by atoms with Gasteiger partial charge in [-0.1, -0.05) is 57.5 Å². The summed E-state index contributed by atoms with van der Waals surface area (Å²) < 4.78 is 11.4. The lowest BCUT2D eigenvalue weighted by Crippen LogP contribution is -2.14. The Morgan fingerprint density at radius 1 is 1.29 bits per heavy atom. The molecule has 0 saturated heterocycles. The van der Waals surface area contributed by atoms with Gasteiger partial charge in [-0.2, -0.15) is 0 Å². The zero-order valence-corrected chi connectivity index (χ0v) is 14.0. The number of hydrogen-bond acceptors (Lipinski definition) is 3. The van der Waals surface area contributed by atoms with Crippen molar-refractivity contribution in [3.05, 3.63) is 29.8 Å². The second-order valence-electron chi connectivity index (χ2n) is 5.23. The summed E-state index contributed by atoms with van der Waals surface area (Å²) >= 11 is 4.95. The first-order valence-electron chi connectivity index (χ1n) is 7.77. The maximum Gasteiger partial charge on any atom is 0.120 e. The van der Waals surface area contributed by atoms with Gasteiger partial charge in [0.25, 0.3) is 0 Å². The number of benzene rings is 1. The maximum absolute atomic E-state index is 5.71. The van der Waals surface area contributed by atoms with Gasteiger partial charge in [0, 0.05) is 12.2 Å². The summed E-state index contributed by atoms with van der Waals surface area (Å²) in [7, 11) is 0. The van der Waals surface area contributed by atoms with Crippen molar-refractivity contribution < 1.29 is 9.47 Å². The molecule has 0 amide bonds. The fourth-order valence-corrected chi connectivity index (χ4v) is 2.23. The molecule has 0 aromatic heterocycles. The Morgan fingerprint density at radius 2 is 2.10 bits per heavy atom. The highest BCUT2D eigenvalue weighted by Gasteiger charge is 2.05. The topological polar surface area (TPSA) is 44.5 Å². The first-order chi connectivity index (χ1) is 10.2. The van der Waals surface area contributed by atoms with E-state index in [1.807, 2.05) is 24.3 Å². The van der Waals surface area contributed by atoms with Gasteiger partial charge in [0.2, 0.25) is 0 Å². The van der Waals surface area contributed by atoms with Crippen molar-refractivity contribution in [2.75, 3.05) is 19.8 Å². The molecule has 118 valence electrons. The van der Waals surface area contributed by atoms with Crippen LogP contribution >= 0.6 is 12.2 Å². The van der Waals surface area contributed by atoms with E-state index in [1.165, 1.54) is 25.7 Å². The predicted molar refractivity (Wildman–Crippen MR) is 91.9 cm³/mol. The van der Waals surface area contributed by atoms with E-state index in [0.717, 1.165) is 17.9 Å². The molecule has 1 aromatic rings. The minimum atomic E-state index is 0.387. The lowest BCUT2D eigenvalue weighted by molar-refractivity contribution is 0.0699. The highest BCUT2D eigenvalue weighted by atomic mass is 32.1. The Morgan fingerprint density at radius 3 is 2.76 bits per heavy atom. The van der Waals surface area contributed by atoms with Gasteiger partial charge < -0.3 is 15.2 Å². The number of hydrogen-bond donors (Lipinski definition) is 1. The molecular weight excluding hydrogens is 282 g/mol. The van der Waals surface area contributed by atoms with E-state index in [0.29, 0.717) is 24.1 Å². The Kier molecular flexibility index (Phi) is 9.02. The highest BCUT2D eigenvalue weighted by Crippen LogP contribution is 2.14. The average molecular weight is 309 g/mol. The summed E-state index contributed by atoms with van der Waals surface area (Å²) in [6.45, 7) is 6.43. The fraction of sp³-hybridized carbons (Fsp3) is 0.588. The van der Waals surface area contributed by atoms with Crippen LogP contribution in [0, 0.1) is 5.92 Å². The summed E-state index contributed by atoms with van der Waals surface area (Å²) in [5.41, 5.74) is 6.43. The molecule has 0 aliphatic carbocycles. The highest BCUT2D eigenvalue weighted by molar-refractivity contribution is 7.80. The molecule has 0 aliphatic rings. The number of rotatable bonds is 11. The molecule has 0 fully saturated rings. The Labute approximate surface area is 133 Å². The molecule has 1 unspecified atom stereocenters. The van der Waals surface area contributed by atoms with Gasteiger partial charge in [-0.25, -0.2) is 0 Å². The van der Waals surface area contributed by atoms with Crippen molar-refractivity contribution in [3.8, 4) is 5.75 Å². The molecule has 0 aliphatic heterocycles. The van der Waals surface area contributed by atoms with Gasteiger partial charge >= 0.3 is 0 Å². The largest absolute Gasteiger partial charge is 0.491 e.